The highest BCUT2D eigenvalue weighted by molar-refractivity contribution is 5.18. The standard InChI is InChI=1S/C8H17N5/c1-4-5-8(2,10)6-11-7(9)13(3)12-6/h4-5,10H2,1-3H3,(H2,9,11,12). The summed E-state index contributed by atoms with van der Waals surface area (Å²) in [6.07, 6.45) is 1.86. The van der Waals surface area contributed by atoms with Crippen LogP contribution in [0.15, 0.2) is 0 Å². The maximum atomic E-state index is 6.04. The second-order valence-electron chi connectivity index (χ2n) is 3.58. The Kier molecular flexibility index (Phi) is 2.56. The lowest BCUT2D eigenvalue weighted by Crippen LogP contribution is -2.34. The minimum Gasteiger partial charge on any atom is -0.368 e. The zero-order valence-corrected chi connectivity index (χ0v) is 8.41. The van der Waals surface area contributed by atoms with Crippen LogP contribution in [0.2, 0.25) is 0 Å². The lowest BCUT2D eigenvalue weighted by Gasteiger charge is -2.19. The van der Waals surface area contributed by atoms with Crippen molar-refractivity contribution in [3.8, 4) is 0 Å². The lowest BCUT2D eigenvalue weighted by molar-refractivity contribution is 0.418. The van der Waals surface area contributed by atoms with Crippen molar-refractivity contribution in [2.45, 2.75) is 32.2 Å². The maximum absolute atomic E-state index is 6.04. The Balaban J connectivity index is 2.93. The van der Waals surface area contributed by atoms with Crippen molar-refractivity contribution in [3.05, 3.63) is 5.82 Å². The third-order valence-electron chi connectivity index (χ3n) is 2.08. The first-order valence-corrected chi connectivity index (χ1v) is 4.43. The first-order chi connectivity index (χ1) is 5.97. The largest absolute Gasteiger partial charge is 0.368 e. The molecule has 1 unspecified atom stereocenters. The summed E-state index contributed by atoms with van der Waals surface area (Å²) in [5.41, 5.74) is 11.1. The molecule has 13 heavy (non-hydrogen) atoms. The number of aryl methyl sites for hydroxylation is 1. The smallest absolute Gasteiger partial charge is 0.218 e. The van der Waals surface area contributed by atoms with E-state index >= 15 is 0 Å². The van der Waals surface area contributed by atoms with Crippen LogP contribution in [-0.2, 0) is 12.6 Å². The molecule has 0 amide bonds. The Labute approximate surface area is 78.1 Å². The number of hydrogen-bond donors (Lipinski definition) is 2. The average Bonchev–Trinajstić information content (AvgIpc) is 2.33. The van der Waals surface area contributed by atoms with Crippen molar-refractivity contribution in [2.24, 2.45) is 12.8 Å². The predicted octanol–water partition coefficient (Wildman–Crippen LogP) is 0.371. The number of anilines is 1. The monoisotopic (exact) mass is 183 g/mol. The predicted molar refractivity (Wildman–Crippen MR) is 51.9 cm³/mol. The fraction of sp³-hybridized carbons (Fsp3) is 0.750. The third-order valence-corrected chi connectivity index (χ3v) is 2.08. The van der Waals surface area contributed by atoms with Crippen LogP contribution in [0.3, 0.4) is 0 Å². The van der Waals surface area contributed by atoms with Gasteiger partial charge in [0.05, 0.1) is 5.54 Å². The summed E-state index contributed by atoms with van der Waals surface area (Å²) in [4.78, 5) is 4.11. The molecule has 0 spiro atoms. The molecular weight excluding hydrogens is 166 g/mol. The van der Waals surface area contributed by atoms with Crippen molar-refractivity contribution in [1.82, 2.24) is 14.8 Å². The van der Waals surface area contributed by atoms with E-state index in [1.54, 1.807) is 7.05 Å². The van der Waals surface area contributed by atoms with Gasteiger partial charge in [-0.1, -0.05) is 13.3 Å². The Morgan fingerprint density at radius 2 is 2.15 bits per heavy atom. The molecule has 5 nitrogen and oxygen atoms in total. The van der Waals surface area contributed by atoms with Gasteiger partial charge < -0.3 is 11.5 Å². The molecule has 0 saturated heterocycles. The lowest BCUT2D eigenvalue weighted by atomic mass is 9.97. The molecule has 1 heterocycles. The van der Waals surface area contributed by atoms with Crippen molar-refractivity contribution in [2.75, 3.05) is 5.73 Å². The van der Waals surface area contributed by atoms with Crippen molar-refractivity contribution in [1.29, 1.82) is 0 Å². The molecule has 0 aliphatic heterocycles. The van der Waals surface area contributed by atoms with Crippen molar-refractivity contribution < 1.29 is 0 Å². The highest BCUT2D eigenvalue weighted by Gasteiger charge is 2.25. The molecule has 0 radical (unpaired) electrons. The number of rotatable bonds is 3. The fourth-order valence-electron chi connectivity index (χ4n) is 1.27. The zero-order valence-electron chi connectivity index (χ0n) is 8.41. The number of nitrogens with zero attached hydrogens (tertiary/aromatic N) is 3. The van der Waals surface area contributed by atoms with Gasteiger partial charge in [0.25, 0.3) is 0 Å². The molecule has 0 bridgehead atoms. The Morgan fingerprint density at radius 3 is 2.54 bits per heavy atom. The van der Waals surface area contributed by atoms with E-state index in [0.29, 0.717) is 11.8 Å². The molecule has 0 aromatic carbocycles. The quantitative estimate of drug-likeness (QED) is 0.709. The fourth-order valence-corrected chi connectivity index (χ4v) is 1.27. The van der Waals surface area contributed by atoms with E-state index in [0.717, 1.165) is 12.8 Å². The van der Waals surface area contributed by atoms with Gasteiger partial charge in [0, 0.05) is 7.05 Å². The van der Waals surface area contributed by atoms with E-state index in [4.69, 9.17) is 11.5 Å². The normalized spacial score (nSPS) is 15.7. The summed E-state index contributed by atoms with van der Waals surface area (Å²) in [6.45, 7) is 4.00. The highest BCUT2D eigenvalue weighted by atomic mass is 15.4. The van der Waals surface area contributed by atoms with Crippen LogP contribution in [0.4, 0.5) is 5.95 Å². The van der Waals surface area contributed by atoms with E-state index in [9.17, 15) is 0 Å². The first-order valence-electron chi connectivity index (χ1n) is 4.43. The number of hydrogen-bond acceptors (Lipinski definition) is 4. The van der Waals surface area contributed by atoms with Crippen molar-refractivity contribution in [3.63, 3.8) is 0 Å². The van der Waals surface area contributed by atoms with Crippen LogP contribution >= 0.6 is 0 Å². The summed E-state index contributed by atoms with van der Waals surface area (Å²) in [5, 5.41) is 4.16. The average molecular weight is 183 g/mol. The summed E-state index contributed by atoms with van der Waals surface area (Å²) in [7, 11) is 1.76. The summed E-state index contributed by atoms with van der Waals surface area (Å²) < 4.78 is 1.54. The van der Waals surface area contributed by atoms with Gasteiger partial charge in [-0.2, -0.15) is 10.1 Å². The molecule has 0 aliphatic carbocycles. The molecule has 74 valence electrons. The zero-order chi connectivity index (χ0) is 10.1. The van der Waals surface area contributed by atoms with E-state index in [1.165, 1.54) is 4.68 Å². The van der Waals surface area contributed by atoms with Gasteiger partial charge in [0.15, 0.2) is 5.82 Å². The van der Waals surface area contributed by atoms with Crippen LogP contribution in [0, 0.1) is 0 Å². The Morgan fingerprint density at radius 1 is 1.54 bits per heavy atom. The van der Waals surface area contributed by atoms with Gasteiger partial charge in [0.1, 0.15) is 0 Å². The molecule has 0 saturated carbocycles. The van der Waals surface area contributed by atoms with Crippen molar-refractivity contribution >= 4 is 5.95 Å². The summed E-state index contributed by atoms with van der Waals surface area (Å²) >= 11 is 0. The molecule has 0 aliphatic rings. The van der Waals surface area contributed by atoms with E-state index in [1.807, 2.05) is 6.92 Å². The minimum atomic E-state index is -0.468. The van der Waals surface area contributed by atoms with Gasteiger partial charge in [-0.05, 0) is 13.3 Å². The van der Waals surface area contributed by atoms with E-state index < -0.39 is 5.54 Å². The Bertz CT molecular complexity index is 269. The van der Waals surface area contributed by atoms with Gasteiger partial charge in [-0.25, -0.2) is 4.68 Å². The van der Waals surface area contributed by atoms with Crippen LogP contribution in [0.1, 0.15) is 32.5 Å². The van der Waals surface area contributed by atoms with Gasteiger partial charge in [-0.3, -0.25) is 0 Å². The first kappa shape index (κ1) is 9.98. The molecule has 5 heteroatoms. The molecular formula is C8H17N5. The molecule has 4 N–H and O–H groups in total. The van der Waals surface area contributed by atoms with E-state index in [2.05, 4.69) is 17.0 Å². The number of nitrogens with two attached hydrogens (primary N) is 2. The van der Waals surface area contributed by atoms with Crippen LogP contribution in [-0.4, -0.2) is 14.8 Å². The third kappa shape index (κ3) is 1.98. The maximum Gasteiger partial charge on any atom is 0.218 e. The number of nitrogen functional groups attached to an aromatic ring is 1. The molecule has 1 rings (SSSR count). The second kappa shape index (κ2) is 3.33. The minimum absolute atomic E-state index is 0.405. The Hall–Kier alpha value is -1.10. The highest BCUT2D eigenvalue weighted by Crippen LogP contribution is 2.20. The second-order valence-corrected chi connectivity index (χ2v) is 3.58. The van der Waals surface area contributed by atoms with Gasteiger partial charge in [-0.15, -0.1) is 0 Å². The molecule has 1 aromatic heterocycles. The van der Waals surface area contributed by atoms with Gasteiger partial charge in [0.2, 0.25) is 5.95 Å². The molecule has 0 fully saturated rings. The summed E-state index contributed by atoms with van der Waals surface area (Å²) in [6, 6.07) is 0. The topological polar surface area (TPSA) is 82.7 Å². The van der Waals surface area contributed by atoms with Crippen LogP contribution < -0.4 is 11.5 Å². The van der Waals surface area contributed by atoms with Gasteiger partial charge >= 0.3 is 0 Å². The number of aromatic nitrogens is 3. The SMILES string of the molecule is CCCC(C)(N)c1nc(N)n(C)n1. The summed E-state index contributed by atoms with van der Waals surface area (Å²) in [5.74, 6) is 1.03. The molecule has 1 atom stereocenters. The van der Waals surface area contributed by atoms with E-state index in [-0.39, 0.29) is 0 Å². The van der Waals surface area contributed by atoms with Crippen LogP contribution in [0.25, 0.3) is 0 Å². The molecule has 1 aromatic rings. The van der Waals surface area contributed by atoms with Crippen LogP contribution in [0.5, 0.6) is 0 Å².